The SMILES string of the molecule is COc1ccc(Cl)cc1C(=O)CCC(=O)NC(CC(N)=O)C(=O)O. The third kappa shape index (κ3) is 5.88. The quantitative estimate of drug-likeness (QED) is 0.559. The number of rotatable bonds is 9. The Kier molecular flexibility index (Phi) is 7.19. The van der Waals surface area contributed by atoms with Gasteiger partial charge in [0.25, 0.3) is 0 Å². The number of hydrogen-bond donors (Lipinski definition) is 3. The first-order valence-electron chi connectivity index (χ1n) is 6.91. The van der Waals surface area contributed by atoms with Crippen LogP contribution in [0.1, 0.15) is 29.6 Å². The molecular formula is C15H17ClN2O6. The van der Waals surface area contributed by atoms with Gasteiger partial charge < -0.3 is 20.9 Å². The summed E-state index contributed by atoms with van der Waals surface area (Å²) in [7, 11) is 1.40. The summed E-state index contributed by atoms with van der Waals surface area (Å²) < 4.78 is 5.06. The van der Waals surface area contributed by atoms with Crippen molar-refractivity contribution >= 4 is 35.2 Å². The van der Waals surface area contributed by atoms with Crippen LogP contribution in [0.25, 0.3) is 0 Å². The average molecular weight is 357 g/mol. The van der Waals surface area contributed by atoms with Crippen LogP contribution in [-0.2, 0) is 14.4 Å². The summed E-state index contributed by atoms with van der Waals surface area (Å²) in [5.41, 5.74) is 5.14. The van der Waals surface area contributed by atoms with Gasteiger partial charge in [-0.25, -0.2) is 4.79 Å². The van der Waals surface area contributed by atoms with Crippen molar-refractivity contribution in [3.63, 3.8) is 0 Å². The Labute approximate surface area is 142 Å². The summed E-state index contributed by atoms with van der Waals surface area (Å²) in [6.07, 6.45) is -0.959. The van der Waals surface area contributed by atoms with Gasteiger partial charge in [0, 0.05) is 17.9 Å². The second-order valence-corrected chi connectivity index (χ2v) is 5.33. The number of aliphatic carboxylic acids is 1. The lowest BCUT2D eigenvalue weighted by Gasteiger charge is -2.13. The summed E-state index contributed by atoms with van der Waals surface area (Å²) in [4.78, 5) is 45.6. The molecule has 9 heteroatoms. The van der Waals surface area contributed by atoms with Crippen molar-refractivity contribution in [1.29, 1.82) is 0 Å². The number of nitrogens with two attached hydrogens (primary N) is 1. The number of carboxylic acid groups (broad SMARTS) is 1. The van der Waals surface area contributed by atoms with Gasteiger partial charge in [-0.3, -0.25) is 14.4 Å². The number of methoxy groups -OCH3 is 1. The summed E-state index contributed by atoms with van der Waals surface area (Å²) in [5, 5.41) is 11.4. The maximum Gasteiger partial charge on any atom is 0.326 e. The maximum atomic E-state index is 12.2. The zero-order chi connectivity index (χ0) is 18.3. The number of carbonyl (C=O) groups excluding carboxylic acids is 3. The molecular weight excluding hydrogens is 340 g/mol. The van der Waals surface area contributed by atoms with Crippen molar-refractivity contribution in [1.82, 2.24) is 5.32 Å². The summed E-state index contributed by atoms with van der Waals surface area (Å²) in [5.74, 6) is -2.99. The van der Waals surface area contributed by atoms with Gasteiger partial charge in [0.05, 0.1) is 19.1 Å². The molecule has 0 spiro atoms. The number of halogens is 1. The van der Waals surface area contributed by atoms with Crippen LogP contribution in [0.3, 0.4) is 0 Å². The van der Waals surface area contributed by atoms with E-state index in [-0.39, 0.29) is 24.2 Å². The number of nitrogens with one attached hydrogen (secondary N) is 1. The topological polar surface area (TPSA) is 136 Å². The Morgan fingerprint density at radius 3 is 2.50 bits per heavy atom. The number of carbonyl (C=O) groups is 4. The maximum absolute atomic E-state index is 12.2. The molecule has 24 heavy (non-hydrogen) atoms. The zero-order valence-corrected chi connectivity index (χ0v) is 13.6. The standard InChI is InChI=1S/C15H17ClN2O6/c1-24-12-4-2-8(16)6-9(12)11(19)3-5-14(21)18-10(15(22)23)7-13(17)20/h2,4,6,10H,3,5,7H2,1H3,(H2,17,20)(H,18,21)(H,22,23). The van der Waals surface area contributed by atoms with E-state index in [9.17, 15) is 19.2 Å². The Balaban J connectivity index is 2.66. The van der Waals surface area contributed by atoms with Crippen LogP contribution in [0.2, 0.25) is 5.02 Å². The van der Waals surface area contributed by atoms with Crippen molar-refractivity contribution in [3.8, 4) is 5.75 Å². The minimum Gasteiger partial charge on any atom is -0.496 e. The molecule has 1 aromatic rings. The molecule has 0 aliphatic carbocycles. The van der Waals surface area contributed by atoms with E-state index in [2.05, 4.69) is 5.32 Å². The first kappa shape index (κ1) is 19.4. The molecule has 2 amide bonds. The van der Waals surface area contributed by atoms with Crippen LogP contribution in [-0.4, -0.2) is 41.8 Å². The lowest BCUT2D eigenvalue weighted by atomic mass is 10.0. The Morgan fingerprint density at radius 1 is 1.29 bits per heavy atom. The molecule has 0 saturated heterocycles. The molecule has 0 bridgehead atoms. The van der Waals surface area contributed by atoms with Gasteiger partial charge in [0.2, 0.25) is 11.8 Å². The van der Waals surface area contributed by atoms with Crippen LogP contribution in [0.4, 0.5) is 0 Å². The first-order chi connectivity index (χ1) is 11.2. The van der Waals surface area contributed by atoms with Crippen molar-refractivity contribution in [2.75, 3.05) is 7.11 Å². The highest BCUT2D eigenvalue weighted by molar-refractivity contribution is 6.31. The van der Waals surface area contributed by atoms with Crippen molar-refractivity contribution < 1.29 is 29.0 Å². The Morgan fingerprint density at radius 2 is 1.96 bits per heavy atom. The number of Topliss-reactive ketones (excluding diaryl/α,β-unsaturated/α-hetero) is 1. The minimum absolute atomic E-state index is 0.175. The zero-order valence-electron chi connectivity index (χ0n) is 12.9. The fourth-order valence-corrected chi connectivity index (χ4v) is 2.10. The molecule has 1 atom stereocenters. The second kappa shape index (κ2) is 8.88. The average Bonchev–Trinajstić information content (AvgIpc) is 2.51. The molecule has 1 aromatic carbocycles. The number of benzene rings is 1. The molecule has 1 unspecified atom stereocenters. The van der Waals surface area contributed by atoms with Gasteiger partial charge >= 0.3 is 5.97 Å². The van der Waals surface area contributed by atoms with Gasteiger partial charge in [0.15, 0.2) is 5.78 Å². The van der Waals surface area contributed by atoms with Crippen LogP contribution in [0, 0.1) is 0 Å². The number of primary amides is 1. The predicted molar refractivity (Wildman–Crippen MR) is 84.9 cm³/mol. The van der Waals surface area contributed by atoms with E-state index in [1.165, 1.54) is 19.2 Å². The number of amides is 2. The molecule has 8 nitrogen and oxygen atoms in total. The van der Waals surface area contributed by atoms with Gasteiger partial charge in [-0.15, -0.1) is 0 Å². The first-order valence-corrected chi connectivity index (χ1v) is 7.29. The van der Waals surface area contributed by atoms with E-state index >= 15 is 0 Å². The lowest BCUT2D eigenvalue weighted by molar-refractivity contribution is -0.143. The summed E-state index contributed by atoms with van der Waals surface area (Å²) in [6.45, 7) is 0. The van der Waals surface area contributed by atoms with Crippen molar-refractivity contribution in [2.24, 2.45) is 5.73 Å². The molecule has 1 rings (SSSR count). The van der Waals surface area contributed by atoms with Crippen LogP contribution in [0.15, 0.2) is 18.2 Å². The molecule has 4 N–H and O–H groups in total. The van der Waals surface area contributed by atoms with Gasteiger partial charge in [-0.2, -0.15) is 0 Å². The third-order valence-electron chi connectivity index (χ3n) is 3.08. The van der Waals surface area contributed by atoms with Gasteiger partial charge in [-0.1, -0.05) is 11.6 Å². The molecule has 0 radical (unpaired) electrons. The normalized spacial score (nSPS) is 11.4. The van der Waals surface area contributed by atoms with Crippen molar-refractivity contribution in [2.45, 2.75) is 25.3 Å². The smallest absolute Gasteiger partial charge is 0.326 e. The largest absolute Gasteiger partial charge is 0.496 e. The second-order valence-electron chi connectivity index (χ2n) is 4.90. The van der Waals surface area contributed by atoms with Crippen molar-refractivity contribution in [3.05, 3.63) is 28.8 Å². The number of carboxylic acids is 1. The van der Waals surface area contributed by atoms with E-state index in [1.54, 1.807) is 6.07 Å². The highest BCUT2D eigenvalue weighted by Gasteiger charge is 2.22. The van der Waals surface area contributed by atoms with Gasteiger partial charge in [0.1, 0.15) is 11.8 Å². The van der Waals surface area contributed by atoms with E-state index in [0.29, 0.717) is 10.8 Å². The Hall–Kier alpha value is -2.61. The minimum atomic E-state index is -1.43. The summed E-state index contributed by atoms with van der Waals surface area (Å²) >= 11 is 5.84. The highest BCUT2D eigenvalue weighted by Crippen LogP contribution is 2.24. The third-order valence-corrected chi connectivity index (χ3v) is 3.31. The molecule has 0 aliphatic heterocycles. The fraction of sp³-hybridized carbons (Fsp3) is 0.333. The number of ether oxygens (including phenoxy) is 1. The molecule has 0 saturated carbocycles. The molecule has 0 fully saturated rings. The molecule has 0 aliphatic rings. The van der Waals surface area contributed by atoms with Crippen LogP contribution < -0.4 is 15.8 Å². The van der Waals surface area contributed by atoms with E-state index in [0.717, 1.165) is 0 Å². The lowest BCUT2D eigenvalue weighted by Crippen LogP contribution is -2.43. The number of hydrogen-bond acceptors (Lipinski definition) is 5. The van der Waals surface area contributed by atoms with E-state index in [1.807, 2.05) is 0 Å². The highest BCUT2D eigenvalue weighted by atomic mass is 35.5. The Bertz CT molecular complexity index is 661. The molecule has 0 aromatic heterocycles. The summed E-state index contributed by atoms with van der Waals surface area (Å²) in [6, 6.07) is 3.09. The van der Waals surface area contributed by atoms with Crippen LogP contribution >= 0.6 is 11.6 Å². The number of ketones is 1. The monoisotopic (exact) mass is 356 g/mol. The predicted octanol–water partition coefficient (Wildman–Crippen LogP) is 0.756. The van der Waals surface area contributed by atoms with E-state index in [4.69, 9.17) is 27.2 Å². The fourth-order valence-electron chi connectivity index (χ4n) is 1.93. The molecule has 0 heterocycles. The van der Waals surface area contributed by atoms with Gasteiger partial charge in [-0.05, 0) is 18.2 Å². The van der Waals surface area contributed by atoms with E-state index < -0.39 is 30.2 Å². The van der Waals surface area contributed by atoms with Crippen LogP contribution in [0.5, 0.6) is 5.75 Å². The molecule has 130 valence electrons.